The molecule has 2 rings (SSSR count). The maximum absolute atomic E-state index is 11.7. The molecular weight excluding hydrogens is 304 g/mol. The Kier molecular flexibility index (Phi) is 4.52. The number of hydrogen-bond acceptors (Lipinski definition) is 4. The number of ether oxygens (including phenoxy) is 2. The molecule has 24 heavy (non-hydrogen) atoms. The molecule has 0 aliphatic rings. The standard InChI is InChI=1S/C20H16O4/c21-19(24-16-18-10-5-2-6-11-18)12-7-15-23-20(22)14-13-17-8-3-1-4-9-17/h1-6,8-11,13-14H,15-16H2/b14-13+/i1D,3D,4D,8D,9D. The molecule has 0 heterocycles. The first kappa shape index (κ1) is 11.3. The van der Waals surface area contributed by atoms with E-state index >= 15 is 0 Å². The van der Waals surface area contributed by atoms with Gasteiger partial charge in [-0.3, -0.25) is 0 Å². The van der Waals surface area contributed by atoms with Crippen molar-refractivity contribution in [2.45, 2.75) is 6.61 Å². The summed E-state index contributed by atoms with van der Waals surface area (Å²) in [6.45, 7) is -0.293. The minimum absolute atomic E-state index is 0.0783. The fourth-order valence-corrected chi connectivity index (χ4v) is 1.52. The van der Waals surface area contributed by atoms with Gasteiger partial charge in [0.25, 0.3) is 0 Å². The zero-order valence-electron chi connectivity index (χ0n) is 17.6. The highest BCUT2D eigenvalue weighted by molar-refractivity contribution is 5.89. The molecule has 0 radical (unpaired) electrons. The zero-order chi connectivity index (χ0) is 21.4. The summed E-state index contributed by atoms with van der Waals surface area (Å²) in [5.74, 6) is 2.91. The lowest BCUT2D eigenvalue weighted by molar-refractivity contribution is -0.138. The van der Waals surface area contributed by atoms with Crippen molar-refractivity contribution in [3.8, 4) is 11.8 Å². The van der Waals surface area contributed by atoms with Crippen LogP contribution in [0.2, 0.25) is 0 Å². The molecule has 0 saturated carbocycles. The van der Waals surface area contributed by atoms with Gasteiger partial charge in [0, 0.05) is 12.0 Å². The van der Waals surface area contributed by atoms with Crippen LogP contribution in [-0.4, -0.2) is 18.5 Å². The lowest BCUT2D eigenvalue weighted by atomic mass is 10.2. The third kappa shape index (κ3) is 6.63. The lowest BCUT2D eigenvalue weighted by Gasteiger charge is -1.99. The highest BCUT2D eigenvalue weighted by Gasteiger charge is 1.98. The quantitative estimate of drug-likeness (QED) is 0.367. The second kappa shape index (κ2) is 9.65. The summed E-state index contributed by atoms with van der Waals surface area (Å²) in [5, 5.41) is 0. The topological polar surface area (TPSA) is 52.6 Å². The largest absolute Gasteiger partial charge is 0.451 e. The van der Waals surface area contributed by atoms with Crippen LogP contribution in [0.25, 0.3) is 6.08 Å². The predicted molar refractivity (Wildman–Crippen MR) is 90.4 cm³/mol. The molecule has 0 atom stereocenters. The number of carbonyl (C=O) groups excluding carboxylic acids is 2. The van der Waals surface area contributed by atoms with Gasteiger partial charge in [-0.25, -0.2) is 9.59 Å². The minimum atomic E-state index is -0.844. The van der Waals surface area contributed by atoms with Crippen LogP contribution in [0.4, 0.5) is 0 Å². The van der Waals surface area contributed by atoms with E-state index in [1.54, 1.807) is 12.1 Å². The van der Waals surface area contributed by atoms with Crippen molar-refractivity contribution in [3.05, 3.63) is 77.7 Å². The highest BCUT2D eigenvalue weighted by atomic mass is 16.5. The van der Waals surface area contributed by atoms with Gasteiger partial charge in [0.2, 0.25) is 0 Å². The van der Waals surface area contributed by atoms with Gasteiger partial charge in [0.15, 0.2) is 6.61 Å². The Morgan fingerprint density at radius 2 is 1.83 bits per heavy atom. The SMILES string of the molecule is [2H]c1c([2H])c([2H])c(/C=C/C(=O)OCC#CC(=O)OCc2ccccc2)c([2H])c1[2H]. The minimum Gasteiger partial charge on any atom is -0.451 e. The van der Waals surface area contributed by atoms with E-state index in [4.69, 9.17) is 16.3 Å². The summed E-state index contributed by atoms with van der Waals surface area (Å²) in [4.78, 5) is 23.2. The first-order valence-electron chi connectivity index (χ1n) is 9.42. The van der Waals surface area contributed by atoms with Crippen molar-refractivity contribution in [1.29, 1.82) is 0 Å². The van der Waals surface area contributed by atoms with Gasteiger partial charge < -0.3 is 9.47 Å². The van der Waals surface area contributed by atoms with E-state index in [0.29, 0.717) is 0 Å². The molecule has 4 nitrogen and oxygen atoms in total. The molecule has 0 amide bonds. The fraction of sp³-hybridized carbons (Fsp3) is 0.100. The number of hydrogen-bond donors (Lipinski definition) is 0. The van der Waals surface area contributed by atoms with Crippen molar-refractivity contribution in [2.24, 2.45) is 0 Å². The molecule has 0 bridgehead atoms. The summed E-state index contributed by atoms with van der Waals surface area (Å²) in [5.41, 5.74) is 0.676. The van der Waals surface area contributed by atoms with Crippen molar-refractivity contribution in [1.82, 2.24) is 0 Å². The summed E-state index contributed by atoms with van der Waals surface area (Å²) in [7, 11) is 0. The van der Waals surface area contributed by atoms with Gasteiger partial charge in [-0.15, -0.1) is 0 Å². The molecule has 4 heteroatoms. The van der Waals surface area contributed by atoms with E-state index in [9.17, 15) is 9.59 Å². The predicted octanol–water partition coefficient (Wildman–Crippen LogP) is 2.99. The van der Waals surface area contributed by atoms with Crippen LogP contribution in [0.15, 0.2) is 66.6 Å². The molecule has 0 aromatic heterocycles. The normalized spacial score (nSPS) is 12.8. The van der Waals surface area contributed by atoms with E-state index in [1.807, 2.05) is 18.2 Å². The number of rotatable bonds is 5. The third-order valence-electron chi connectivity index (χ3n) is 2.60. The Bertz CT molecular complexity index is 978. The summed E-state index contributed by atoms with van der Waals surface area (Å²) in [6.07, 6.45) is 1.99. The zero-order valence-corrected chi connectivity index (χ0v) is 12.6. The smallest absolute Gasteiger partial charge is 0.384 e. The van der Waals surface area contributed by atoms with Crippen LogP contribution in [0, 0.1) is 11.8 Å². The van der Waals surface area contributed by atoms with Gasteiger partial charge in [-0.05, 0) is 23.1 Å². The number of esters is 2. The third-order valence-corrected chi connectivity index (χ3v) is 2.60. The average Bonchev–Trinajstić information content (AvgIpc) is 2.73. The van der Waals surface area contributed by atoms with E-state index < -0.39 is 42.2 Å². The van der Waals surface area contributed by atoms with Crippen LogP contribution >= 0.6 is 0 Å². The molecule has 0 fully saturated rings. The Morgan fingerprint density at radius 3 is 2.58 bits per heavy atom. The second-order valence-corrected chi connectivity index (χ2v) is 4.34. The van der Waals surface area contributed by atoms with Gasteiger partial charge in [-0.2, -0.15) is 0 Å². The molecule has 0 saturated heterocycles. The van der Waals surface area contributed by atoms with E-state index in [-0.39, 0.29) is 18.8 Å². The molecular formula is C20H16O4. The summed E-state index contributed by atoms with van der Waals surface area (Å²) >= 11 is 0. The molecule has 0 spiro atoms. The average molecular weight is 325 g/mol. The Labute approximate surface area is 147 Å². The summed E-state index contributed by atoms with van der Waals surface area (Å²) < 4.78 is 47.9. The van der Waals surface area contributed by atoms with Crippen molar-refractivity contribution >= 4 is 18.0 Å². The lowest BCUT2D eigenvalue weighted by Crippen LogP contribution is -2.03. The molecule has 0 unspecified atom stereocenters. The Morgan fingerprint density at radius 1 is 1.08 bits per heavy atom. The van der Waals surface area contributed by atoms with Crippen LogP contribution in [0.5, 0.6) is 0 Å². The molecule has 0 aliphatic carbocycles. The number of carbonyl (C=O) groups is 2. The van der Waals surface area contributed by atoms with Crippen molar-refractivity contribution in [3.63, 3.8) is 0 Å². The van der Waals surface area contributed by atoms with E-state index in [1.165, 1.54) is 0 Å². The van der Waals surface area contributed by atoms with Gasteiger partial charge in [0.1, 0.15) is 6.61 Å². The van der Waals surface area contributed by atoms with Gasteiger partial charge >= 0.3 is 11.9 Å². The molecule has 2 aromatic carbocycles. The second-order valence-electron chi connectivity index (χ2n) is 4.34. The van der Waals surface area contributed by atoms with Crippen molar-refractivity contribution in [2.75, 3.05) is 6.61 Å². The van der Waals surface area contributed by atoms with Crippen LogP contribution in [0.3, 0.4) is 0 Å². The Hall–Kier alpha value is -3.32. The van der Waals surface area contributed by atoms with Crippen molar-refractivity contribution < 1.29 is 25.9 Å². The van der Waals surface area contributed by atoms with E-state index in [0.717, 1.165) is 17.7 Å². The molecule has 0 N–H and O–H groups in total. The fourth-order valence-electron chi connectivity index (χ4n) is 1.52. The van der Waals surface area contributed by atoms with Crippen LogP contribution in [0.1, 0.15) is 18.0 Å². The maximum atomic E-state index is 11.7. The maximum Gasteiger partial charge on any atom is 0.384 e. The first-order valence-corrected chi connectivity index (χ1v) is 6.92. The van der Waals surface area contributed by atoms with E-state index in [2.05, 4.69) is 11.8 Å². The number of benzene rings is 2. The molecule has 2 aromatic rings. The highest BCUT2D eigenvalue weighted by Crippen LogP contribution is 2.01. The molecule has 0 aliphatic heterocycles. The molecule has 120 valence electrons. The van der Waals surface area contributed by atoms with Crippen LogP contribution < -0.4 is 0 Å². The Balaban J connectivity index is 1.87. The summed E-state index contributed by atoms with van der Waals surface area (Å²) in [6, 6.07) is 6.67. The van der Waals surface area contributed by atoms with Crippen LogP contribution in [-0.2, 0) is 25.7 Å². The van der Waals surface area contributed by atoms with Gasteiger partial charge in [-0.1, -0.05) is 60.5 Å². The first-order chi connectivity index (χ1) is 13.8. The monoisotopic (exact) mass is 325 g/mol. The van der Waals surface area contributed by atoms with Gasteiger partial charge in [0.05, 0.1) is 6.85 Å².